The van der Waals surface area contributed by atoms with Crippen LogP contribution in [-0.2, 0) is 11.3 Å². The van der Waals surface area contributed by atoms with Crippen molar-refractivity contribution in [1.82, 2.24) is 20.1 Å². The van der Waals surface area contributed by atoms with Crippen LogP contribution in [0.3, 0.4) is 0 Å². The number of halogens is 1. The van der Waals surface area contributed by atoms with Crippen molar-refractivity contribution in [1.29, 1.82) is 5.26 Å². The normalized spacial score (nSPS) is 10.3. The number of hydrogen-bond acceptors (Lipinski definition) is 6. The van der Waals surface area contributed by atoms with Gasteiger partial charge in [0.25, 0.3) is 0 Å². The van der Waals surface area contributed by atoms with Crippen LogP contribution in [0.15, 0.2) is 60.0 Å². The number of rotatable bonds is 8. The minimum atomic E-state index is -0.131. The largest absolute Gasteiger partial charge is 0.479 e. The van der Waals surface area contributed by atoms with Gasteiger partial charge in [0.2, 0.25) is 5.91 Å². The molecule has 9 heteroatoms. The number of nitrogens with zero attached hydrogens (tertiary/aromatic N) is 4. The molecule has 0 fully saturated rings. The van der Waals surface area contributed by atoms with Crippen LogP contribution in [0.1, 0.15) is 5.56 Å². The van der Waals surface area contributed by atoms with Gasteiger partial charge in [0.1, 0.15) is 18.1 Å². The molecule has 0 aliphatic rings. The Morgan fingerprint density at radius 2 is 2.14 bits per heavy atom. The lowest BCUT2D eigenvalue weighted by atomic mass is 10.2. The van der Waals surface area contributed by atoms with Crippen LogP contribution in [0.2, 0.25) is 5.02 Å². The summed E-state index contributed by atoms with van der Waals surface area (Å²) in [7, 11) is 0. The molecule has 1 aromatic heterocycles. The van der Waals surface area contributed by atoms with E-state index in [2.05, 4.69) is 15.5 Å². The maximum absolute atomic E-state index is 12.2. The molecule has 0 bridgehead atoms. The van der Waals surface area contributed by atoms with Gasteiger partial charge in [-0.25, -0.2) is 0 Å². The highest BCUT2D eigenvalue weighted by atomic mass is 35.5. The van der Waals surface area contributed by atoms with Crippen LogP contribution >= 0.6 is 23.4 Å². The number of nitriles is 1. The fourth-order valence-corrected chi connectivity index (χ4v) is 3.31. The zero-order valence-electron chi connectivity index (χ0n) is 14.7. The van der Waals surface area contributed by atoms with E-state index in [4.69, 9.17) is 21.6 Å². The van der Waals surface area contributed by atoms with E-state index >= 15 is 0 Å². The minimum absolute atomic E-state index is 0.0141. The van der Waals surface area contributed by atoms with Gasteiger partial charge >= 0.3 is 0 Å². The van der Waals surface area contributed by atoms with E-state index in [0.29, 0.717) is 22.5 Å². The molecule has 0 saturated heterocycles. The Labute approximate surface area is 171 Å². The maximum Gasteiger partial charge on any atom is 0.230 e. The molecule has 1 N–H and O–H groups in total. The first-order valence-electron chi connectivity index (χ1n) is 8.30. The van der Waals surface area contributed by atoms with Crippen LogP contribution in [0, 0.1) is 11.3 Å². The average molecular weight is 414 g/mol. The molecule has 0 aliphatic heterocycles. The molecule has 2 aromatic carbocycles. The van der Waals surface area contributed by atoms with Crippen LogP contribution < -0.4 is 10.1 Å². The summed E-state index contributed by atoms with van der Waals surface area (Å²) in [5, 5.41) is 20.6. The van der Waals surface area contributed by atoms with E-state index in [0.717, 1.165) is 11.3 Å². The fraction of sp³-hybridized carbons (Fsp3) is 0.158. The Balaban J connectivity index is 1.53. The summed E-state index contributed by atoms with van der Waals surface area (Å²) in [6, 6.07) is 16.5. The molecular formula is C19H16ClN5O2S. The number of aromatic nitrogens is 3. The standard InChI is InChI=1S/C19H16ClN5O2S/c20-15-4-2-5-16(10-15)25-13-23-24-19(25)28-12-18(26)22-11-14-3-1-6-17(9-14)27-8-7-21/h1-6,9-10,13H,8,11-12H2,(H,22,26). The Kier molecular flexibility index (Phi) is 6.89. The number of ether oxygens (including phenoxy) is 1. The molecule has 1 amide bonds. The Morgan fingerprint density at radius 3 is 2.96 bits per heavy atom. The molecule has 1 heterocycles. The molecule has 142 valence electrons. The first kappa shape index (κ1) is 19.7. The van der Waals surface area contributed by atoms with Crippen molar-refractivity contribution in [2.24, 2.45) is 0 Å². The van der Waals surface area contributed by atoms with Crippen molar-refractivity contribution in [2.45, 2.75) is 11.7 Å². The number of carbonyl (C=O) groups is 1. The van der Waals surface area contributed by atoms with Crippen molar-refractivity contribution in [3.05, 3.63) is 65.4 Å². The number of nitrogens with one attached hydrogen (secondary N) is 1. The molecule has 3 aromatic rings. The van der Waals surface area contributed by atoms with Crippen molar-refractivity contribution in [3.8, 4) is 17.5 Å². The van der Waals surface area contributed by atoms with Gasteiger partial charge in [-0.1, -0.05) is 41.6 Å². The van der Waals surface area contributed by atoms with Gasteiger partial charge in [0.15, 0.2) is 11.8 Å². The molecule has 7 nitrogen and oxygen atoms in total. The first-order chi connectivity index (χ1) is 13.7. The third-order valence-corrected chi connectivity index (χ3v) is 4.80. The van der Waals surface area contributed by atoms with E-state index in [9.17, 15) is 4.79 Å². The predicted octanol–water partition coefficient (Wildman–Crippen LogP) is 3.23. The number of benzene rings is 2. The molecule has 0 saturated carbocycles. The predicted molar refractivity (Wildman–Crippen MR) is 106 cm³/mol. The molecule has 0 radical (unpaired) electrons. The second-order valence-electron chi connectivity index (χ2n) is 5.62. The molecule has 3 rings (SSSR count). The number of thioether (sulfide) groups is 1. The Morgan fingerprint density at radius 1 is 1.29 bits per heavy atom. The second kappa shape index (κ2) is 9.78. The molecular weight excluding hydrogens is 398 g/mol. The Hall–Kier alpha value is -3.02. The summed E-state index contributed by atoms with van der Waals surface area (Å²) >= 11 is 7.32. The zero-order chi connectivity index (χ0) is 19.8. The van der Waals surface area contributed by atoms with Gasteiger partial charge in [0, 0.05) is 11.6 Å². The SMILES string of the molecule is N#CCOc1cccc(CNC(=O)CSc2nncn2-c2cccc(Cl)c2)c1. The van der Waals surface area contributed by atoms with E-state index in [1.165, 1.54) is 11.8 Å². The smallest absolute Gasteiger partial charge is 0.230 e. The number of carbonyl (C=O) groups excluding carboxylic acids is 1. The van der Waals surface area contributed by atoms with Gasteiger partial charge < -0.3 is 10.1 Å². The van der Waals surface area contributed by atoms with Crippen LogP contribution in [0.4, 0.5) is 0 Å². The quantitative estimate of drug-likeness (QED) is 0.570. The summed E-state index contributed by atoms with van der Waals surface area (Å²) in [5.41, 5.74) is 1.71. The van der Waals surface area contributed by atoms with Crippen molar-refractivity contribution < 1.29 is 9.53 Å². The highest BCUT2D eigenvalue weighted by molar-refractivity contribution is 7.99. The lowest BCUT2D eigenvalue weighted by Crippen LogP contribution is -2.24. The third-order valence-electron chi connectivity index (χ3n) is 3.63. The number of amides is 1. The number of hydrogen-bond donors (Lipinski definition) is 1. The molecule has 0 aliphatic carbocycles. The summed E-state index contributed by atoms with van der Waals surface area (Å²) in [6.07, 6.45) is 1.58. The highest BCUT2D eigenvalue weighted by Crippen LogP contribution is 2.21. The van der Waals surface area contributed by atoms with E-state index in [1.807, 2.05) is 30.3 Å². The lowest BCUT2D eigenvalue weighted by molar-refractivity contribution is -0.118. The van der Waals surface area contributed by atoms with Gasteiger partial charge in [-0.3, -0.25) is 9.36 Å². The lowest BCUT2D eigenvalue weighted by Gasteiger charge is -2.08. The van der Waals surface area contributed by atoms with Gasteiger partial charge in [-0.15, -0.1) is 10.2 Å². The molecule has 0 unspecified atom stereocenters. The highest BCUT2D eigenvalue weighted by Gasteiger charge is 2.10. The van der Waals surface area contributed by atoms with Crippen molar-refractivity contribution in [3.63, 3.8) is 0 Å². The Bertz CT molecular complexity index is 1000. The molecule has 28 heavy (non-hydrogen) atoms. The van der Waals surface area contributed by atoms with Gasteiger partial charge in [-0.05, 0) is 35.9 Å². The van der Waals surface area contributed by atoms with Crippen molar-refractivity contribution in [2.75, 3.05) is 12.4 Å². The summed E-state index contributed by atoms with van der Waals surface area (Å²) in [6.45, 7) is 0.351. The monoisotopic (exact) mass is 413 g/mol. The van der Waals surface area contributed by atoms with E-state index < -0.39 is 0 Å². The van der Waals surface area contributed by atoms with E-state index in [-0.39, 0.29) is 18.3 Å². The maximum atomic E-state index is 12.2. The average Bonchev–Trinajstić information content (AvgIpc) is 3.18. The molecule has 0 spiro atoms. The van der Waals surface area contributed by atoms with E-state index in [1.54, 1.807) is 35.2 Å². The first-order valence-corrected chi connectivity index (χ1v) is 9.66. The summed E-state index contributed by atoms with van der Waals surface area (Å²) in [5.74, 6) is 0.662. The summed E-state index contributed by atoms with van der Waals surface area (Å²) in [4.78, 5) is 12.2. The minimum Gasteiger partial charge on any atom is -0.479 e. The third kappa shape index (κ3) is 5.49. The summed E-state index contributed by atoms with van der Waals surface area (Å²) < 4.78 is 7.03. The van der Waals surface area contributed by atoms with Crippen LogP contribution in [0.25, 0.3) is 5.69 Å². The van der Waals surface area contributed by atoms with Gasteiger partial charge in [-0.2, -0.15) is 5.26 Å². The van der Waals surface area contributed by atoms with Crippen molar-refractivity contribution >= 4 is 29.3 Å². The fourth-order valence-electron chi connectivity index (χ4n) is 2.37. The topological polar surface area (TPSA) is 92.8 Å². The van der Waals surface area contributed by atoms with Crippen LogP contribution in [0.5, 0.6) is 5.75 Å². The second-order valence-corrected chi connectivity index (χ2v) is 7.00. The molecule has 0 atom stereocenters. The van der Waals surface area contributed by atoms with Gasteiger partial charge in [0.05, 0.1) is 11.4 Å². The zero-order valence-corrected chi connectivity index (χ0v) is 16.3. The van der Waals surface area contributed by atoms with Crippen LogP contribution in [-0.4, -0.2) is 33.0 Å².